The number of rotatable bonds is 3. The second-order valence-corrected chi connectivity index (χ2v) is 8.74. The van der Waals surface area contributed by atoms with Gasteiger partial charge in [-0.15, -0.1) is 0 Å². The summed E-state index contributed by atoms with van der Waals surface area (Å²) in [4.78, 5) is 45.7. The number of anilines is 2. The summed E-state index contributed by atoms with van der Waals surface area (Å²) in [7, 11) is 0. The lowest BCUT2D eigenvalue weighted by molar-refractivity contribution is -0.118. The Labute approximate surface area is 180 Å². The van der Waals surface area contributed by atoms with Gasteiger partial charge in [0.25, 0.3) is 5.91 Å². The van der Waals surface area contributed by atoms with Crippen molar-refractivity contribution in [3.8, 4) is 5.75 Å². The average molecular weight is 433 g/mol. The number of nitrogens with one attached hydrogen (secondary N) is 1. The van der Waals surface area contributed by atoms with Crippen molar-refractivity contribution >= 4 is 29.7 Å². The molecule has 0 bridgehead atoms. The number of amides is 3. The van der Waals surface area contributed by atoms with Gasteiger partial charge in [-0.1, -0.05) is 0 Å². The predicted octanol–water partition coefficient (Wildman–Crippen LogP) is 1.29. The number of aromatic nitrogens is 1. The second kappa shape index (κ2) is 8.22. The van der Waals surface area contributed by atoms with E-state index in [0.717, 1.165) is 0 Å². The standard InChI is InChI=1S/C20H27N5O6/c1-20(2,3)31-18(27)24-8-6-23(7-9-24)10-13-11-25(19(28)30-13)15-5-4-14-17(21-15)22-16(26)12-29-14/h4-5,13H,6-12H2,1-3H3,(H,21,22,26). The maximum atomic E-state index is 12.4. The molecule has 1 aromatic rings. The van der Waals surface area contributed by atoms with Crippen molar-refractivity contribution in [1.29, 1.82) is 0 Å². The van der Waals surface area contributed by atoms with Crippen molar-refractivity contribution in [2.24, 2.45) is 0 Å². The van der Waals surface area contributed by atoms with Crippen molar-refractivity contribution in [2.45, 2.75) is 32.5 Å². The zero-order valence-corrected chi connectivity index (χ0v) is 17.9. The Balaban J connectivity index is 1.30. The largest absolute Gasteiger partial charge is 0.480 e. The van der Waals surface area contributed by atoms with Crippen molar-refractivity contribution < 1.29 is 28.6 Å². The van der Waals surface area contributed by atoms with Crippen LogP contribution >= 0.6 is 0 Å². The summed E-state index contributed by atoms with van der Waals surface area (Å²) in [5.41, 5.74) is -0.518. The van der Waals surface area contributed by atoms with Gasteiger partial charge in [0.2, 0.25) is 0 Å². The van der Waals surface area contributed by atoms with Crippen molar-refractivity contribution in [3.63, 3.8) is 0 Å². The van der Waals surface area contributed by atoms with Crippen LogP contribution in [0, 0.1) is 0 Å². The first-order chi connectivity index (χ1) is 14.7. The van der Waals surface area contributed by atoms with Crippen LogP contribution in [0.2, 0.25) is 0 Å². The van der Waals surface area contributed by atoms with E-state index in [9.17, 15) is 14.4 Å². The van der Waals surface area contributed by atoms with Gasteiger partial charge < -0.3 is 24.4 Å². The summed E-state index contributed by atoms with van der Waals surface area (Å²) in [6, 6.07) is 3.34. The van der Waals surface area contributed by atoms with E-state index >= 15 is 0 Å². The van der Waals surface area contributed by atoms with Gasteiger partial charge in [0, 0.05) is 32.7 Å². The van der Waals surface area contributed by atoms with Gasteiger partial charge in [0.05, 0.1) is 6.54 Å². The van der Waals surface area contributed by atoms with E-state index in [1.165, 1.54) is 4.90 Å². The minimum Gasteiger partial charge on any atom is -0.480 e. The Morgan fingerprint density at radius 2 is 1.97 bits per heavy atom. The van der Waals surface area contributed by atoms with Crippen LogP contribution in [0.15, 0.2) is 12.1 Å². The molecule has 1 N–H and O–H groups in total. The molecule has 0 radical (unpaired) electrons. The highest BCUT2D eigenvalue weighted by Crippen LogP contribution is 2.30. The number of fused-ring (bicyclic) bond motifs is 1. The topological polar surface area (TPSA) is 114 Å². The number of nitrogens with zero attached hydrogens (tertiary/aromatic N) is 4. The Bertz CT molecular complexity index is 877. The molecule has 0 saturated carbocycles. The molecule has 1 aromatic heterocycles. The molecule has 4 rings (SSSR count). The van der Waals surface area contributed by atoms with Crippen LogP contribution < -0.4 is 15.0 Å². The molecular weight excluding hydrogens is 406 g/mol. The Hall–Kier alpha value is -3.08. The molecule has 4 heterocycles. The minimum absolute atomic E-state index is 0.0525. The van der Waals surface area contributed by atoms with Crippen molar-refractivity contribution in [2.75, 3.05) is 56.1 Å². The molecule has 1 unspecified atom stereocenters. The molecule has 11 heteroatoms. The highest BCUT2D eigenvalue weighted by atomic mass is 16.6. The maximum Gasteiger partial charge on any atom is 0.416 e. The Kier molecular flexibility index (Phi) is 5.61. The number of carbonyl (C=O) groups is 3. The van der Waals surface area contributed by atoms with E-state index in [-0.39, 0.29) is 24.7 Å². The van der Waals surface area contributed by atoms with Gasteiger partial charge in [-0.05, 0) is 32.9 Å². The number of cyclic esters (lactones) is 1. The summed E-state index contributed by atoms with van der Waals surface area (Å²) in [6.45, 7) is 8.88. The number of piperazine rings is 1. The normalized spacial score (nSPS) is 21.8. The van der Waals surface area contributed by atoms with Gasteiger partial charge in [-0.2, -0.15) is 0 Å². The van der Waals surface area contributed by atoms with Gasteiger partial charge in [-0.25, -0.2) is 14.6 Å². The molecule has 3 aliphatic rings. The van der Waals surface area contributed by atoms with Gasteiger partial charge in [-0.3, -0.25) is 14.6 Å². The number of hydrogen-bond acceptors (Lipinski definition) is 8. The maximum absolute atomic E-state index is 12.4. The first kappa shape index (κ1) is 21.2. The van der Waals surface area contributed by atoms with Crippen LogP contribution in [0.5, 0.6) is 5.75 Å². The lowest BCUT2D eigenvalue weighted by atomic mass is 10.2. The molecule has 3 aliphatic heterocycles. The fourth-order valence-electron chi connectivity index (χ4n) is 3.64. The van der Waals surface area contributed by atoms with E-state index < -0.39 is 11.7 Å². The third-order valence-electron chi connectivity index (χ3n) is 5.10. The summed E-state index contributed by atoms with van der Waals surface area (Å²) < 4.78 is 16.2. The van der Waals surface area contributed by atoms with Crippen LogP contribution in [-0.2, 0) is 14.3 Å². The van der Waals surface area contributed by atoms with E-state index in [1.807, 2.05) is 20.8 Å². The first-order valence-corrected chi connectivity index (χ1v) is 10.3. The number of carbonyl (C=O) groups excluding carboxylic acids is 3. The number of pyridine rings is 1. The average Bonchev–Trinajstić information content (AvgIpc) is 3.06. The molecular formula is C20H27N5O6. The number of ether oxygens (including phenoxy) is 3. The van der Waals surface area contributed by atoms with Gasteiger partial charge in [0.15, 0.2) is 18.2 Å². The monoisotopic (exact) mass is 433 g/mol. The van der Waals surface area contributed by atoms with E-state index in [2.05, 4.69) is 15.2 Å². The van der Waals surface area contributed by atoms with Crippen LogP contribution in [0.1, 0.15) is 20.8 Å². The summed E-state index contributed by atoms with van der Waals surface area (Å²) in [6.07, 6.45) is -1.10. The highest BCUT2D eigenvalue weighted by Gasteiger charge is 2.36. The molecule has 31 heavy (non-hydrogen) atoms. The molecule has 11 nitrogen and oxygen atoms in total. The quantitative estimate of drug-likeness (QED) is 0.759. The van der Waals surface area contributed by atoms with Crippen LogP contribution in [0.3, 0.4) is 0 Å². The molecule has 1 atom stereocenters. The molecule has 3 amide bonds. The summed E-state index contributed by atoms with van der Waals surface area (Å²) in [5.74, 6) is 0.870. The highest BCUT2D eigenvalue weighted by molar-refractivity contribution is 5.95. The fourth-order valence-corrected chi connectivity index (χ4v) is 3.64. The molecule has 168 valence electrons. The van der Waals surface area contributed by atoms with E-state index in [4.69, 9.17) is 14.2 Å². The Morgan fingerprint density at radius 1 is 1.23 bits per heavy atom. The van der Waals surface area contributed by atoms with Crippen LogP contribution in [0.25, 0.3) is 0 Å². The lowest BCUT2D eigenvalue weighted by Gasteiger charge is -2.36. The van der Waals surface area contributed by atoms with E-state index in [1.54, 1.807) is 17.0 Å². The second-order valence-electron chi connectivity index (χ2n) is 8.74. The smallest absolute Gasteiger partial charge is 0.416 e. The molecule has 2 saturated heterocycles. The van der Waals surface area contributed by atoms with E-state index in [0.29, 0.717) is 56.7 Å². The zero-order chi connectivity index (χ0) is 22.2. The third kappa shape index (κ3) is 4.98. The first-order valence-electron chi connectivity index (χ1n) is 10.3. The van der Waals surface area contributed by atoms with Crippen LogP contribution in [0.4, 0.5) is 21.2 Å². The molecule has 2 fully saturated rings. The summed E-state index contributed by atoms with van der Waals surface area (Å²) >= 11 is 0. The molecule has 0 spiro atoms. The van der Waals surface area contributed by atoms with Crippen LogP contribution in [-0.4, -0.2) is 90.5 Å². The number of hydrogen-bond donors (Lipinski definition) is 1. The third-order valence-corrected chi connectivity index (χ3v) is 5.10. The Morgan fingerprint density at radius 3 is 2.68 bits per heavy atom. The fraction of sp³-hybridized carbons (Fsp3) is 0.600. The van der Waals surface area contributed by atoms with Crippen molar-refractivity contribution in [1.82, 2.24) is 14.8 Å². The van der Waals surface area contributed by atoms with Gasteiger partial charge in [0.1, 0.15) is 17.5 Å². The minimum atomic E-state index is -0.518. The van der Waals surface area contributed by atoms with Crippen molar-refractivity contribution in [3.05, 3.63) is 12.1 Å². The molecule has 0 aliphatic carbocycles. The van der Waals surface area contributed by atoms with Gasteiger partial charge >= 0.3 is 12.2 Å². The predicted molar refractivity (Wildman–Crippen MR) is 110 cm³/mol. The lowest BCUT2D eigenvalue weighted by Crippen LogP contribution is -2.51. The molecule has 0 aromatic carbocycles. The SMILES string of the molecule is CC(C)(C)OC(=O)N1CCN(CC2CN(c3ccc4c(n3)NC(=O)CO4)C(=O)O2)CC1. The summed E-state index contributed by atoms with van der Waals surface area (Å²) in [5, 5.41) is 2.64. The zero-order valence-electron chi connectivity index (χ0n) is 17.9.